The molecule has 0 aliphatic carbocycles. The average molecular weight is 216 g/mol. The highest BCUT2D eigenvalue weighted by molar-refractivity contribution is 5.96. The first-order valence-corrected chi connectivity index (χ1v) is 5.15. The van der Waals surface area contributed by atoms with Crippen LogP contribution in [0.3, 0.4) is 0 Å². The van der Waals surface area contributed by atoms with Crippen molar-refractivity contribution in [2.24, 2.45) is 0 Å². The van der Waals surface area contributed by atoms with E-state index in [0.717, 1.165) is 5.56 Å². The van der Waals surface area contributed by atoms with Crippen molar-refractivity contribution in [3.8, 4) is 12.3 Å². The minimum Gasteiger partial charge on any atom is -0.399 e. The Morgan fingerprint density at radius 1 is 1.62 bits per heavy atom. The number of aryl methyl sites for hydroxylation is 1. The normalized spacial score (nSPS) is 11.6. The molecule has 3 N–H and O–H groups in total. The van der Waals surface area contributed by atoms with E-state index in [1.165, 1.54) is 0 Å². The third-order valence-corrected chi connectivity index (χ3v) is 2.31. The van der Waals surface area contributed by atoms with Gasteiger partial charge in [-0.25, -0.2) is 0 Å². The third kappa shape index (κ3) is 3.03. The molecule has 1 atom stereocenters. The number of hydrogen-bond donors (Lipinski definition) is 2. The molecule has 1 aromatic rings. The number of nitrogens with one attached hydrogen (secondary N) is 1. The lowest BCUT2D eigenvalue weighted by Crippen LogP contribution is -2.32. The molecule has 84 valence electrons. The summed E-state index contributed by atoms with van der Waals surface area (Å²) in [5, 5.41) is 2.83. The number of benzene rings is 1. The van der Waals surface area contributed by atoms with E-state index >= 15 is 0 Å². The molecule has 0 bridgehead atoms. The second kappa shape index (κ2) is 5.22. The Labute approximate surface area is 96.0 Å². The van der Waals surface area contributed by atoms with E-state index in [-0.39, 0.29) is 11.9 Å². The molecule has 3 nitrogen and oxygen atoms in total. The van der Waals surface area contributed by atoms with Crippen LogP contribution >= 0.6 is 0 Å². The Hall–Kier alpha value is -1.95. The van der Waals surface area contributed by atoms with Gasteiger partial charge in [0.25, 0.3) is 5.91 Å². The summed E-state index contributed by atoms with van der Waals surface area (Å²) in [4.78, 5) is 11.9. The lowest BCUT2D eigenvalue weighted by molar-refractivity contribution is 0.0940. The molecule has 0 fully saturated rings. The summed E-state index contributed by atoms with van der Waals surface area (Å²) in [6.07, 6.45) is 5.70. The van der Waals surface area contributed by atoms with Crippen molar-refractivity contribution in [3.05, 3.63) is 29.3 Å². The first kappa shape index (κ1) is 12.1. The summed E-state index contributed by atoms with van der Waals surface area (Å²) in [7, 11) is 0. The highest BCUT2D eigenvalue weighted by Crippen LogP contribution is 2.12. The maximum Gasteiger partial charge on any atom is 0.251 e. The van der Waals surface area contributed by atoms with Crippen molar-refractivity contribution in [2.75, 3.05) is 5.73 Å². The highest BCUT2D eigenvalue weighted by Gasteiger charge is 2.11. The molecule has 0 aliphatic rings. The maximum absolute atomic E-state index is 11.9. The van der Waals surface area contributed by atoms with E-state index in [4.69, 9.17) is 12.2 Å². The second-order valence-corrected chi connectivity index (χ2v) is 3.86. The molecule has 0 saturated heterocycles. The monoisotopic (exact) mass is 216 g/mol. The number of carbonyl (C=O) groups excluding carboxylic acids is 1. The van der Waals surface area contributed by atoms with Gasteiger partial charge in [0.05, 0.1) is 0 Å². The molecule has 0 saturated carbocycles. The summed E-state index contributed by atoms with van der Waals surface area (Å²) < 4.78 is 0. The van der Waals surface area contributed by atoms with Gasteiger partial charge in [-0.05, 0) is 31.5 Å². The number of amides is 1. The Bertz CT molecular complexity index is 432. The summed E-state index contributed by atoms with van der Waals surface area (Å²) >= 11 is 0. The zero-order chi connectivity index (χ0) is 12.1. The van der Waals surface area contributed by atoms with Crippen LogP contribution in [0.15, 0.2) is 18.2 Å². The molecule has 1 unspecified atom stereocenters. The molecule has 3 heteroatoms. The molecular weight excluding hydrogens is 200 g/mol. The maximum atomic E-state index is 11.9. The van der Waals surface area contributed by atoms with Gasteiger partial charge in [0.2, 0.25) is 0 Å². The molecule has 0 radical (unpaired) electrons. The van der Waals surface area contributed by atoms with Crippen molar-refractivity contribution < 1.29 is 4.79 Å². The fraction of sp³-hybridized carbons (Fsp3) is 0.308. The van der Waals surface area contributed by atoms with Crippen molar-refractivity contribution in [1.82, 2.24) is 5.32 Å². The third-order valence-electron chi connectivity index (χ3n) is 2.31. The van der Waals surface area contributed by atoms with E-state index in [0.29, 0.717) is 17.7 Å². The standard InChI is InChI=1S/C13H16N2O/c1-4-5-10(3)15-13(16)12-8-11(14)7-6-9(12)2/h1,6-8,10H,5,14H2,2-3H3,(H,15,16). The molecule has 0 aromatic heterocycles. The number of terminal acetylenes is 1. The van der Waals surface area contributed by atoms with E-state index in [9.17, 15) is 4.79 Å². The summed E-state index contributed by atoms with van der Waals surface area (Å²) in [5.41, 5.74) is 7.73. The lowest BCUT2D eigenvalue weighted by Gasteiger charge is -2.12. The van der Waals surface area contributed by atoms with Gasteiger partial charge >= 0.3 is 0 Å². The van der Waals surface area contributed by atoms with Crippen LogP contribution in [0.5, 0.6) is 0 Å². The summed E-state index contributed by atoms with van der Waals surface area (Å²) in [6, 6.07) is 5.25. The van der Waals surface area contributed by atoms with Crippen LogP contribution in [-0.2, 0) is 0 Å². The van der Waals surface area contributed by atoms with Crippen molar-refractivity contribution in [2.45, 2.75) is 26.3 Å². The Morgan fingerprint density at radius 3 is 2.94 bits per heavy atom. The van der Waals surface area contributed by atoms with E-state index in [1.807, 2.05) is 19.9 Å². The average Bonchev–Trinajstić information content (AvgIpc) is 2.21. The van der Waals surface area contributed by atoms with Gasteiger partial charge in [0.15, 0.2) is 0 Å². The zero-order valence-electron chi connectivity index (χ0n) is 9.58. The van der Waals surface area contributed by atoms with Crippen LogP contribution < -0.4 is 11.1 Å². The van der Waals surface area contributed by atoms with Crippen molar-refractivity contribution in [1.29, 1.82) is 0 Å². The molecule has 0 heterocycles. The minimum absolute atomic E-state index is 0.0293. The number of rotatable bonds is 3. The highest BCUT2D eigenvalue weighted by atomic mass is 16.1. The Kier molecular flexibility index (Phi) is 3.96. The molecule has 1 aromatic carbocycles. The lowest BCUT2D eigenvalue weighted by atomic mass is 10.1. The van der Waals surface area contributed by atoms with Crippen LogP contribution in [0.2, 0.25) is 0 Å². The Balaban J connectivity index is 2.81. The van der Waals surface area contributed by atoms with E-state index in [2.05, 4.69) is 11.2 Å². The molecule has 0 spiro atoms. The summed E-state index contributed by atoms with van der Waals surface area (Å²) in [5.74, 6) is 2.38. The predicted molar refractivity (Wildman–Crippen MR) is 66.0 cm³/mol. The van der Waals surface area contributed by atoms with Crippen LogP contribution in [0, 0.1) is 19.3 Å². The minimum atomic E-state index is -0.132. The second-order valence-electron chi connectivity index (χ2n) is 3.86. The molecule has 0 aliphatic heterocycles. The largest absolute Gasteiger partial charge is 0.399 e. The first-order chi connectivity index (χ1) is 7.54. The molecule has 16 heavy (non-hydrogen) atoms. The van der Waals surface area contributed by atoms with Gasteiger partial charge in [-0.3, -0.25) is 4.79 Å². The number of nitrogen functional groups attached to an aromatic ring is 1. The fourth-order valence-corrected chi connectivity index (χ4v) is 1.41. The predicted octanol–water partition coefficient (Wildman–Crippen LogP) is 1.72. The van der Waals surface area contributed by atoms with Gasteiger partial charge in [0.1, 0.15) is 0 Å². The van der Waals surface area contributed by atoms with E-state index in [1.54, 1.807) is 12.1 Å². The van der Waals surface area contributed by atoms with Gasteiger partial charge in [-0.15, -0.1) is 12.3 Å². The SMILES string of the molecule is C#CCC(C)NC(=O)c1cc(N)ccc1C. The zero-order valence-corrected chi connectivity index (χ0v) is 9.58. The number of hydrogen-bond acceptors (Lipinski definition) is 2. The van der Waals surface area contributed by atoms with Gasteiger partial charge < -0.3 is 11.1 Å². The van der Waals surface area contributed by atoms with Gasteiger partial charge in [0, 0.05) is 23.7 Å². The first-order valence-electron chi connectivity index (χ1n) is 5.15. The number of anilines is 1. The fourth-order valence-electron chi connectivity index (χ4n) is 1.41. The quantitative estimate of drug-likeness (QED) is 0.597. The summed E-state index contributed by atoms with van der Waals surface area (Å²) in [6.45, 7) is 3.75. The van der Waals surface area contributed by atoms with Gasteiger partial charge in [-0.2, -0.15) is 0 Å². The van der Waals surface area contributed by atoms with Crippen LogP contribution in [0.4, 0.5) is 5.69 Å². The van der Waals surface area contributed by atoms with Crippen molar-refractivity contribution >= 4 is 11.6 Å². The van der Waals surface area contributed by atoms with Crippen LogP contribution in [0.1, 0.15) is 29.3 Å². The molecule has 1 rings (SSSR count). The van der Waals surface area contributed by atoms with Crippen LogP contribution in [0.25, 0.3) is 0 Å². The molecule has 1 amide bonds. The van der Waals surface area contributed by atoms with Gasteiger partial charge in [-0.1, -0.05) is 6.07 Å². The molecular formula is C13H16N2O. The Morgan fingerprint density at radius 2 is 2.31 bits per heavy atom. The number of nitrogens with two attached hydrogens (primary N) is 1. The topological polar surface area (TPSA) is 55.1 Å². The van der Waals surface area contributed by atoms with E-state index < -0.39 is 0 Å². The van der Waals surface area contributed by atoms with Crippen LogP contribution in [-0.4, -0.2) is 11.9 Å². The van der Waals surface area contributed by atoms with Crippen molar-refractivity contribution in [3.63, 3.8) is 0 Å². The smallest absolute Gasteiger partial charge is 0.251 e. The number of carbonyl (C=O) groups is 1.